The minimum absolute atomic E-state index is 0.106. The monoisotopic (exact) mass is 288 g/mol. The Hall–Kier alpha value is -1.66. The maximum absolute atomic E-state index is 13.3. The van der Waals surface area contributed by atoms with Gasteiger partial charge < -0.3 is 15.7 Å². The second-order valence-electron chi connectivity index (χ2n) is 4.08. The average molecular weight is 289 g/mol. The Morgan fingerprint density at radius 1 is 1.42 bits per heavy atom. The Morgan fingerprint density at radius 2 is 2.11 bits per heavy atom. The summed E-state index contributed by atoms with van der Waals surface area (Å²) in [5.74, 6) is -2.75. The first-order valence-electron chi connectivity index (χ1n) is 5.59. The summed E-state index contributed by atoms with van der Waals surface area (Å²) in [5, 5.41) is 13.5. The second-order valence-corrected chi connectivity index (χ2v) is 4.51. The number of anilines is 1. The van der Waals surface area contributed by atoms with Crippen LogP contribution in [-0.4, -0.2) is 30.1 Å². The number of carbonyl (C=O) groups excluding carboxylic acids is 2. The molecule has 1 unspecified atom stereocenters. The first kappa shape index (κ1) is 15.4. The highest BCUT2D eigenvalue weighted by molar-refractivity contribution is 6.39. The van der Waals surface area contributed by atoms with Gasteiger partial charge in [0.15, 0.2) is 0 Å². The molecule has 7 heteroatoms. The quantitative estimate of drug-likeness (QED) is 0.728. The number of rotatable bonds is 4. The first-order valence-corrected chi connectivity index (χ1v) is 5.97. The van der Waals surface area contributed by atoms with Crippen LogP contribution in [0.1, 0.15) is 6.92 Å². The molecule has 1 atom stereocenters. The molecular formula is C12H14ClFN2O3. The molecule has 0 saturated carbocycles. The van der Waals surface area contributed by atoms with Crippen molar-refractivity contribution < 1.29 is 19.1 Å². The fourth-order valence-corrected chi connectivity index (χ4v) is 1.36. The van der Waals surface area contributed by atoms with E-state index >= 15 is 0 Å². The van der Waals surface area contributed by atoms with Crippen molar-refractivity contribution in [2.45, 2.75) is 6.92 Å². The molecule has 0 spiro atoms. The summed E-state index contributed by atoms with van der Waals surface area (Å²) in [6, 6.07) is 3.62. The SMILES string of the molecule is CC(CO)CNC(=O)C(=O)Nc1cc(Cl)ccc1F. The lowest BCUT2D eigenvalue weighted by Gasteiger charge is -2.10. The minimum Gasteiger partial charge on any atom is -0.396 e. The number of nitrogens with one attached hydrogen (secondary N) is 2. The van der Waals surface area contributed by atoms with E-state index in [0.29, 0.717) is 0 Å². The lowest BCUT2D eigenvalue weighted by Crippen LogP contribution is -2.38. The molecule has 0 radical (unpaired) electrons. The van der Waals surface area contributed by atoms with Crippen LogP contribution in [0, 0.1) is 11.7 Å². The predicted molar refractivity (Wildman–Crippen MR) is 69.3 cm³/mol. The van der Waals surface area contributed by atoms with Crippen LogP contribution in [-0.2, 0) is 9.59 Å². The number of halogens is 2. The fraction of sp³-hybridized carbons (Fsp3) is 0.333. The van der Waals surface area contributed by atoms with Gasteiger partial charge in [0, 0.05) is 18.2 Å². The second kappa shape index (κ2) is 7.06. The van der Waals surface area contributed by atoms with E-state index in [1.807, 2.05) is 0 Å². The van der Waals surface area contributed by atoms with Crippen molar-refractivity contribution in [3.63, 3.8) is 0 Å². The molecule has 0 aromatic heterocycles. The highest BCUT2D eigenvalue weighted by Gasteiger charge is 2.16. The number of benzene rings is 1. The Labute approximate surface area is 114 Å². The highest BCUT2D eigenvalue weighted by Crippen LogP contribution is 2.19. The lowest BCUT2D eigenvalue weighted by molar-refractivity contribution is -0.136. The molecule has 0 bridgehead atoms. The van der Waals surface area contributed by atoms with Gasteiger partial charge in [-0.15, -0.1) is 0 Å². The molecule has 1 aromatic carbocycles. The number of aliphatic hydroxyl groups excluding tert-OH is 1. The van der Waals surface area contributed by atoms with Crippen molar-refractivity contribution in [1.29, 1.82) is 0 Å². The van der Waals surface area contributed by atoms with E-state index in [9.17, 15) is 14.0 Å². The molecule has 0 heterocycles. The molecule has 2 amide bonds. The van der Waals surface area contributed by atoms with Gasteiger partial charge in [-0.05, 0) is 24.1 Å². The maximum atomic E-state index is 13.3. The van der Waals surface area contributed by atoms with Gasteiger partial charge in [0.2, 0.25) is 0 Å². The Balaban J connectivity index is 2.59. The summed E-state index contributed by atoms with van der Waals surface area (Å²) in [6.45, 7) is 1.75. The third-order valence-electron chi connectivity index (χ3n) is 2.31. The van der Waals surface area contributed by atoms with Gasteiger partial charge in [-0.2, -0.15) is 0 Å². The average Bonchev–Trinajstić information content (AvgIpc) is 2.39. The van der Waals surface area contributed by atoms with Crippen LogP contribution in [0.4, 0.5) is 10.1 Å². The van der Waals surface area contributed by atoms with Gasteiger partial charge >= 0.3 is 11.8 Å². The summed E-state index contributed by atoms with van der Waals surface area (Å²) in [4.78, 5) is 22.9. The van der Waals surface area contributed by atoms with Gasteiger partial charge in [-0.1, -0.05) is 18.5 Å². The van der Waals surface area contributed by atoms with Gasteiger partial charge in [0.05, 0.1) is 5.69 Å². The smallest absolute Gasteiger partial charge is 0.313 e. The van der Waals surface area contributed by atoms with Gasteiger partial charge in [-0.3, -0.25) is 9.59 Å². The van der Waals surface area contributed by atoms with E-state index in [0.717, 1.165) is 6.07 Å². The van der Waals surface area contributed by atoms with Crippen molar-refractivity contribution in [2.24, 2.45) is 5.92 Å². The molecule has 0 aliphatic heterocycles. The van der Waals surface area contributed by atoms with E-state index < -0.39 is 17.6 Å². The Kier molecular flexibility index (Phi) is 5.72. The molecule has 0 aliphatic carbocycles. The van der Waals surface area contributed by atoms with Gasteiger partial charge in [0.1, 0.15) is 5.82 Å². The molecular weight excluding hydrogens is 275 g/mol. The van der Waals surface area contributed by atoms with Crippen LogP contribution in [0.25, 0.3) is 0 Å². The Morgan fingerprint density at radius 3 is 2.74 bits per heavy atom. The van der Waals surface area contributed by atoms with Crippen molar-refractivity contribution >= 4 is 29.1 Å². The topological polar surface area (TPSA) is 78.4 Å². The molecule has 19 heavy (non-hydrogen) atoms. The van der Waals surface area contributed by atoms with Gasteiger partial charge in [-0.25, -0.2) is 4.39 Å². The van der Waals surface area contributed by atoms with Crippen LogP contribution >= 0.6 is 11.6 Å². The van der Waals surface area contributed by atoms with Crippen LogP contribution in [0.3, 0.4) is 0 Å². The largest absolute Gasteiger partial charge is 0.396 e. The number of carbonyl (C=O) groups is 2. The van der Waals surface area contributed by atoms with E-state index in [1.54, 1.807) is 6.92 Å². The maximum Gasteiger partial charge on any atom is 0.313 e. The van der Waals surface area contributed by atoms with Crippen LogP contribution in [0.5, 0.6) is 0 Å². The number of aliphatic hydroxyl groups is 1. The fourth-order valence-electron chi connectivity index (χ4n) is 1.18. The van der Waals surface area contributed by atoms with Crippen molar-refractivity contribution in [1.82, 2.24) is 5.32 Å². The molecule has 0 fully saturated rings. The molecule has 1 aromatic rings. The zero-order valence-electron chi connectivity index (χ0n) is 10.2. The zero-order valence-corrected chi connectivity index (χ0v) is 11.0. The van der Waals surface area contributed by atoms with E-state index in [1.165, 1.54) is 12.1 Å². The summed E-state index contributed by atoms with van der Waals surface area (Å²) < 4.78 is 13.3. The van der Waals surface area contributed by atoms with E-state index in [-0.39, 0.29) is 29.8 Å². The minimum atomic E-state index is -0.994. The molecule has 5 nitrogen and oxygen atoms in total. The van der Waals surface area contributed by atoms with E-state index in [2.05, 4.69) is 10.6 Å². The summed E-state index contributed by atoms with van der Waals surface area (Å²) in [7, 11) is 0. The standard InChI is InChI=1S/C12H14ClFN2O3/c1-7(6-17)5-15-11(18)12(19)16-10-4-8(13)2-3-9(10)14/h2-4,7,17H,5-6H2,1H3,(H,15,18)(H,16,19). The van der Waals surface area contributed by atoms with Gasteiger partial charge in [0.25, 0.3) is 0 Å². The molecule has 0 saturated heterocycles. The molecule has 3 N–H and O–H groups in total. The third kappa shape index (κ3) is 4.84. The molecule has 0 aliphatic rings. The van der Waals surface area contributed by atoms with Crippen LogP contribution < -0.4 is 10.6 Å². The third-order valence-corrected chi connectivity index (χ3v) is 2.54. The van der Waals surface area contributed by atoms with Crippen molar-refractivity contribution in [3.05, 3.63) is 29.0 Å². The zero-order chi connectivity index (χ0) is 14.4. The van der Waals surface area contributed by atoms with Crippen LogP contribution in [0.2, 0.25) is 5.02 Å². The number of hydrogen-bond acceptors (Lipinski definition) is 3. The predicted octanol–water partition coefficient (Wildman–Crippen LogP) is 1.16. The summed E-state index contributed by atoms with van der Waals surface area (Å²) in [5.41, 5.74) is -0.164. The van der Waals surface area contributed by atoms with Crippen LogP contribution in [0.15, 0.2) is 18.2 Å². The summed E-state index contributed by atoms with van der Waals surface area (Å²) >= 11 is 5.66. The highest BCUT2D eigenvalue weighted by atomic mass is 35.5. The Bertz CT molecular complexity index is 482. The molecule has 104 valence electrons. The van der Waals surface area contributed by atoms with E-state index in [4.69, 9.17) is 16.7 Å². The molecule has 1 rings (SSSR count). The number of hydrogen-bond donors (Lipinski definition) is 3. The lowest BCUT2D eigenvalue weighted by atomic mass is 10.2. The first-order chi connectivity index (χ1) is 8.93. The number of amides is 2. The normalized spacial score (nSPS) is 11.8. The van der Waals surface area contributed by atoms with Crippen molar-refractivity contribution in [3.8, 4) is 0 Å². The van der Waals surface area contributed by atoms with Crippen molar-refractivity contribution in [2.75, 3.05) is 18.5 Å². The summed E-state index contributed by atoms with van der Waals surface area (Å²) in [6.07, 6.45) is 0.